The van der Waals surface area contributed by atoms with Crippen LogP contribution in [0.15, 0.2) is 65.8 Å². The second-order valence-corrected chi connectivity index (χ2v) is 6.16. The Hall–Kier alpha value is -3.68. The molecule has 3 aromatic rings. The predicted octanol–water partition coefficient (Wildman–Crippen LogP) is 1.63. The first-order chi connectivity index (χ1) is 13.6. The van der Waals surface area contributed by atoms with Crippen molar-refractivity contribution in [3.8, 4) is 0 Å². The standard InChI is InChI=1S/C20H21N5O3/c1-2-25-13-16(12-22-25)23-18(26)14-24-10-6-9-17(20(24)28)19(27)21-11-15-7-4-3-5-8-15/h3-10,12-13H,2,11,14H2,1H3,(H,21,27)(H,23,26). The van der Waals surface area contributed by atoms with Crippen molar-refractivity contribution in [2.75, 3.05) is 5.32 Å². The lowest BCUT2D eigenvalue weighted by molar-refractivity contribution is -0.116. The summed E-state index contributed by atoms with van der Waals surface area (Å²) in [6, 6.07) is 12.4. The number of nitrogens with zero attached hydrogens (tertiary/aromatic N) is 3. The maximum Gasteiger partial charge on any atom is 0.263 e. The second kappa shape index (κ2) is 8.81. The summed E-state index contributed by atoms with van der Waals surface area (Å²) >= 11 is 0. The zero-order valence-corrected chi connectivity index (χ0v) is 15.5. The van der Waals surface area contributed by atoms with Crippen molar-refractivity contribution in [3.63, 3.8) is 0 Å². The van der Waals surface area contributed by atoms with Crippen LogP contribution in [0.1, 0.15) is 22.8 Å². The zero-order chi connectivity index (χ0) is 19.9. The molecular formula is C20H21N5O3. The lowest BCUT2D eigenvalue weighted by Crippen LogP contribution is -2.34. The van der Waals surface area contributed by atoms with Gasteiger partial charge in [-0.3, -0.25) is 19.1 Å². The number of rotatable bonds is 7. The maximum atomic E-state index is 12.6. The van der Waals surface area contributed by atoms with E-state index in [-0.39, 0.29) is 18.0 Å². The van der Waals surface area contributed by atoms with Crippen molar-refractivity contribution in [1.29, 1.82) is 0 Å². The Bertz CT molecular complexity index is 1020. The van der Waals surface area contributed by atoms with Gasteiger partial charge in [0.2, 0.25) is 5.91 Å². The van der Waals surface area contributed by atoms with Gasteiger partial charge in [-0.05, 0) is 24.6 Å². The van der Waals surface area contributed by atoms with Gasteiger partial charge >= 0.3 is 0 Å². The highest BCUT2D eigenvalue weighted by atomic mass is 16.2. The Labute approximate surface area is 161 Å². The molecule has 0 atom stereocenters. The maximum absolute atomic E-state index is 12.6. The van der Waals surface area contributed by atoms with E-state index < -0.39 is 11.5 Å². The fourth-order valence-corrected chi connectivity index (χ4v) is 2.66. The summed E-state index contributed by atoms with van der Waals surface area (Å²) in [4.78, 5) is 37.1. The molecule has 2 heterocycles. The number of amides is 2. The van der Waals surface area contributed by atoms with E-state index in [1.54, 1.807) is 16.9 Å². The molecule has 0 aliphatic carbocycles. The van der Waals surface area contributed by atoms with Crippen LogP contribution in [0, 0.1) is 0 Å². The van der Waals surface area contributed by atoms with Gasteiger partial charge in [-0.2, -0.15) is 5.10 Å². The van der Waals surface area contributed by atoms with Crippen molar-refractivity contribution in [2.45, 2.75) is 26.6 Å². The number of nitrogens with one attached hydrogen (secondary N) is 2. The molecule has 0 saturated carbocycles. The average Bonchev–Trinajstić information content (AvgIpc) is 3.16. The quantitative estimate of drug-likeness (QED) is 0.652. The van der Waals surface area contributed by atoms with Crippen molar-refractivity contribution < 1.29 is 9.59 Å². The molecule has 0 radical (unpaired) electrons. The van der Waals surface area contributed by atoms with E-state index in [1.165, 1.54) is 23.0 Å². The smallest absolute Gasteiger partial charge is 0.263 e. The van der Waals surface area contributed by atoms with Crippen LogP contribution in [0.4, 0.5) is 5.69 Å². The molecule has 2 amide bonds. The van der Waals surface area contributed by atoms with Crippen LogP contribution >= 0.6 is 0 Å². The Morgan fingerprint density at radius 2 is 1.89 bits per heavy atom. The summed E-state index contributed by atoms with van der Waals surface area (Å²) in [6.07, 6.45) is 4.72. The number of pyridine rings is 1. The molecule has 144 valence electrons. The highest BCUT2D eigenvalue weighted by Gasteiger charge is 2.14. The summed E-state index contributed by atoms with van der Waals surface area (Å²) in [5.74, 6) is -0.854. The van der Waals surface area contributed by atoms with E-state index >= 15 is 0 Å². The van der Waals surface area contributed by atoms with Crippen LogP contribution in [0.25, 0.3) is 0 Å². The fraction of sp³-hybridized carbons (Fsp3) is 0.200. The van der Waals surface area contributed by atoms with Crippen molar-refractivity contribution in [2.24, 2.45) is 0 Å². The van der Waals surface area contributed by atoms with Crippen molar-refractivity contribution in [3.05, 3.63) is 82.5 Å². The van der Waals surface area contributed by atoms with Gasteiger partial charge in [0.05, 0.1) is 11.9 Å². The number of aromatic nitrogens is 3. The first-order valence-electron chi connectivity index (χ1n) is 8.90. The van der Waals surface area contributed by atoms with E-state index in [0.29, 0.717) is 18.8 Å². The van der Waals surface area contributed by atoms with Crippen LogP contribution in [0.2, 0.25) is 0 Å². The van der Waals surface area contributed by atoms with Gasteiger partial charge in [-0.25, -0.2) is 0 Å². The van der Waals surface area contributed by atoms with Crippen molar-refractivity contribution >= 4 is 17.5 Å². The molecule has 0 unspecified atom stereocenters. The van der Waals surface area contributed by atoms with Gasteiger partial charge in [-0.15, -0.1) is 0 Å². The van der Waals surface area contributed by atoms with E-state index in [1.807, 2.05) is 37.3 Å². The topological polar surface area (TPSA) is 98.0 Å². The number of benzene rings is 1. The minimum Gasteiger partial charge on any atom is -0.348 e. The minimum atomic E-state index is -0.521. The Morgan fingerprint density at radius 3 is 2.61 bits per heavy atom. The molecule has 0 spiro atoms. The molecule has 8 nitrogen and oxygen atoms in total. The average molecular weight is 379 g/mol. The molecule has 2 N–H and O–H groups in total. The first kappa shape index (κ1) is 19.1. The number of carbonyl (C=O) groups excluding carboxylic acids is 2. The SMILES string of the molecule is CCn1cc(NC(=O)Cn2cccc(C(=O)NCc3ccccc3)c2=O)cn1. The molecule has 1 aromatic carbocycles. The van der Waals surface area contributed by atoms with Crippen molar-refractivity contribution in [1.82, 2.24) is 19.7 Å². The lowest BCUT2D eigenvalue weighted by Gasteiger charge is -2.09. The van der Waals surface area contributed by atoms with Gasteiger partial charge < -0.3 is 15.2 Å². The fourth-order valence-electron chi connectivity index (χ4n) is 2.66. The van der Waals surface area contributed by atoms with Crippen LogP contribution in [0.3, 0.4) is 0 Å². The largest absolute Gasteiger partial charge is 0.348 e. The van der Waals surface area contributed by atoms with E-state index in [2.05, 4.69) is 15.7 Å². The molecule has 0 fully saturated rings. The first-order valence-corrected chi connectivity index (χ1v) is 8.90. The summed E-state index contributed by atoms with van der Waals surface area (Å²) in [5, 5.41) is 9.48. The summed E-state index contributed by atoms with van der Waals surface area (Å²) < 4.78 is 2.89. The Kier molecular flexibility index (Phi) is 6.01. The van der Waals surface area contributed by atoms with Gasteiger partial charge in [0, 0.05) is 25.5 Å². The number of aryl methyl sites for hydroxylation is 1. The summed E-state index contributed by atoms with van der Waals surface area (Å²) in [5.41, 5.74) is 0.952. The molecule has 2 aromatic heterocycles. The van der Waals surface area contributed by atoms with Crippen LogP contribution in [-0.2, 0) is 24.4 Å². The second-order valence-electron chi connectivity index (χ2n) is 6.16. The lowest BCUT2D eigenvalue weighted by atomic mass is 10.2. The number of anilines is 1. The Balaban J connectivity index is 1.65. The van der Waals surface area contributed by atoms with Gasteiger partial charge in [0.1, 0.15) is 12.1 Å². The van der Waals surface area contributed by atoms with Gasteiger partial charge in [0.25, 0.3) is 11.5 Å². The number of hydrogen-bond donors (Lipinski definition) is 2. The zero-order valence-electron chi connectivity index (χ0n) is 15.5. The molecule has 0 saturated heterocycles. The molecule has 0 aliphatic rings. The Morgan fingerprint density at radius 1 is 1.11 bits per heavy atom. The highest BCUT2D eigenvalue weighted by Crippen LogP contribution is 2.05. The van der Waals surface area contributed by atoms with Crippen LogP contribution in [-0.4, -0.2) is 26.2 Å². The number of carbonyl (C=O) groups is 2. The van der Waals surface area contributed by atoms with E-state index in [9.17, 15) is 14.4 Å². The van der Waals surface area contributed by atoms with Gasteiger partial charge in [0.15, 0.2) is 0 Å². The van der Waals surface area contributed by atoms with Crippen LogP contribution < -0.4 is 16.2 Å². The monoisotopic (exact) mass is 379 g/mol. The molecule has 0 bridgehead atoms. The van der Waals surface area contributed by atoms with E-state index in [0.717, 1.165) is 5.56 Å². The molecule has 3 rings (SSSR count). The third-order valence-electron chi connectivity index (χ3n) is 4.12. The van der Waals surface area contributed by atoms with E-state index in [4.69, 9.17) is 0 Å². The molecule has 8 heteroatoms. The predicted molar refractivity (Wildman–Crippen MR) is 105 cm³/mol. The summed E-state index contributed by atoms with van der Waals surface area (Å²) in [7, 11) is 0. The highest BCUT2D eigenvalue weighted by molar-refractivity contribution is 5.94. The third-order valence-corrected chi connectivity index (χ3v) is 4.12. The normalized spacial score (nSPS) is 10.5. The minimum absolute atomic E-state index is 0.00923. The van der Waals surface area contributed by atoms with Crippen LogP contribution in [0.5, 0.6) is 0 Å². The molecule has 28 heavy (non-hydrogen) atoms. The third kappa shape index (κ3) is 4.73. The number of hydrogen-bond acceptors (Lipinski definition) is 4. The molecule has 0 aliphatic heterocycles. The summed E-state index contributed by atoms with van der Waals surface area (Å²) in [6.45, 7) is 2.74. The van der Waals surface area contributed by atoms with Gasteiger partial charge in [-0.1, -0.05) is 30.3 Å². The molecular weight excluding hydrogens is 358 g/mol.